The van der Waals surface area contributed by atoms with Gasteiger partial charge in [0.2, 0.25) is 0 Å². The second kappa shape index (κ2) is 9.25. The molecule has 0 spiro atoms. The molecule has 0 fully saturated rings. The highest BCUT2D eigenvalue weighted by Gasteiger charge is 2.11. The summed E-state index contributed by atoms with van der Waals surface area (Å²) in [5.74, 6) is 2.16. The Morgan fingerprint density at radius 3 is 2.70 bits per heavy atom. The number of benzene rings is 1. The number of guanidine groups is 1. The van der Waals surface area contributed by atoms with Gasteiger partial charge < -0.3 is 25.4 Å². The third-order valence-electron chi connectivity index (χ3n) is 3.92. The second-order valence-corrected chi connectivity index (χ2v) is 5.45. The quantitative estimate of drug-likeness (QED) is 0.557. The van der Waals surface area contributed by atoms with Gasteiger partial charge in [0, 0.05) is 13.1 Å². The molecule has 0 radical (unpaired) electrons. The highest BCUT2D eigenvalue weighted by atomic mass is 16.6. The third-order valence-corrected chi connectivity index (χ3v) is 3.92. The van der Waals surface area contributed by atoms with Crippen molar-refractivity contribution in [1.29, 1.82) is 0 Å². The number of ether oxygens (including phenoxy) is 2. The molecule has 2 rings (SSSR count). The van der Waals surface area contributed by atoms with Gasteiger partial charge in [-0.15, -0.1) is 0 Å². The summed E-state index contributed by atoms with van der Waals surface area (Å²) in [6.45, 7) is 10.1. The largest absolute Gasteiger partial charge is 0.486 e. The lowest BCUT2D eigenvalue weighted by Gasteiger charge is -2.19. The van der Waals surface area contributed by atoms with Crippen molar-refractivity contribution in [3.8, 4) is 11.5 Å². The monoisotopic (exact) mass is 320 g/mol. The van der Waals surface area contributed by atoms with Gasteiger partial charge in [-0.3, -0.25) is 4.99 Å². The maximum absolute atomic E-state index is 5.89. The summed E-state index contributed by atoms with van der Waals surface area (Å²) in [5.41, 5.74) is 7.09. The molecular formula is C17H28N4O2. The Balaban J connectivity index is 1.71. The summed E-state index contributed by atoms with van der Waals surface area (Å²) in [6, 6.07) is 6.05. The van der Waals surface area contributed by atoms with Crippen molar-refractivity contribution in [2.75, 3.05) is 45.9 Å². The Hall–Kier alpha value is -1.95. The number of hydrogen-bond acceptors (Lipinski definition) is 4. The van der Waals surface area contributed by atoms with Crippen molar-refractivity contribution >= 4 is 5.96 Å². The number of likely N-dealkylation sites (N-methyl/N-ethyl adjacent to an activating group) is 1. The molecule has 128 valence electrons. The van der Waals surface area contributed by atoms with Crippen LogP contribution in [0, 0.1) is 0 Å². The van der Waals surface area contributed by atoms with Gasteiger partial charge in [-0.05, 0) is 37.2 Å². The first kappa shape index (κ1) is 17.4. The summed E-state index contributed by atoms with van der Waals surface area (Å²) in [5, 5.41) is 3.16. The SMILES string of the molecule is CCN(CC)CCN=C(N)NCCc1ccc2c(c1)OCCO2. The minimum atomic E-state index is 0.509. The summed E-state index contributed by atoms with van der Waals surface area (Å²) < 4.78 is 11.1. The average Bonchev–Trinajstić information content (AvgIpc) is 2.58. The van der Waals surface area contributed by atoms with Gasteiger partial charge >= 0.3 is 0 Å². The van der Waals surface area contributed by atoms with E-state index in [4.69, 9.17) is 15.2 Å². The van der Waals surface area contributed by atoms with Crippen LogP contribution in [-0.2, 0) is 6.42 Å². The van der Waals surface area contributed by atoms with Crippen molar-refractivity contribution < 1.29 is 9.47 Å². The number of nitrogens with two attached hydrogens (primary N) is 1. The normalized spacial score (nSPS) is 14.1. The molecule has 0 bridgehead atoms. The van der Waals surface area contributed by atoms with Crippen molar-refractivity contribution in [3.63, 3.8) is 0 Å². The van der Waals surface area contributed by atoms with Gasteiger partial charge in [-0.25, -0.2) is 0 Å². The first-order chi connectivity index (χ1) is 11.2. The molecule has 1 aliphatic rings. The van der Waals surface area contributed by atoms with Crippen molar-refractivity contribution in [2.24, 2.45) is 10.7 Å². The topological polar surface area (TPSA) is 72.1 Å². The van der Waals surface area contributed by atoms with E-state index in [1.165, 1.54) is 5.56 Å². The van der Waals surface area contributed by atoms with E-state index in [9.17, 15) is 0 Å². The number of rotatable bonds is 8. The van der Waals surface area contributed by atoms with E-state index in [2.05, 4.69) is 35.1 Å². The van der Waals surface area contributed by atoms with Crippen molar-refractivity contribution in [3.05, 3.63) is 23.8 Å². The minimum absolute atomic E-state index is 0.509. The number of aliphatic imine (C=N–C) groups is 1. The van der Waals surface area contributed by atoms with Crippen LogP contribution in [0.25, 0.3) is 0 Å². The standard InChI is InChI=1S/C17H28N4O2/c1-3-21(4-2)10-9-20-17(18)19-8-7-14-5-6-15-16(13-14)23-12-11-22-15/h5-6,13H,3-4,7-12H2,1-2H3,(H3,18,19,20). The maximum Gasteiger partial charge on any atom is 0.188 e. The van der Waals surface area contributed by atoms with Gasteiger partial charge in [0.1, 0.15) is 13.2 Å². The lowest BCUT2D eigenvalue weighted by atomic mass is 10.1. The van der Waals surface area contributed by atoms with Gasteiger partial charge in [-0.2, -0.15) is 0 Å². The molecule has 1 aromatic rings. The minimum Gasteiger partial charge on any atom is -0.486 e. The Morgan fingerprint density at radius 1 is 1.22 bits per heavy atom. The van der Waals surface area contributed by atoms with E-state index in [-0.39, 0.29) is 0 Å². The van der Waals surface area contributed by atoms with Crippen LogP contribution in [0.15, 0.2) is 23.2 Å². The van der Waals surface area contributed by atoms with Gasteiger partial charge in [-0.1, -0.05) is 19.9 Å². The lowest BCUT2D eigenvalue weighted by molar-refractivity contribution is 0.171. The number of nitrogens with one attached hydrogen (secondary N) is 1. The highest BCUT2D eigenvalue weighted by molar-refractivity contribution is 5.77. The highest BCUT2D eigenvalue weighted by Crippen LogP contribution is 2.30. The Kier molecular flexibility index (Phi) is 7.00. The van der Waals surface area contributed by atoms with Crippen LogP contribution in [0.3, 0.4) is 0 Å². The van der Waals surface area contributed by atoms with E-state index < -0.39 is 0 Å². The van der Waals surface area contributed by atoms with Crippen LogP contribution in [0.1, 0.15) is 19.4 Å². The predicted molar refractivity (Wildman–Crippen MR) is 93.4 cm³/mol. The average molecular weight is 320 g/mol. The molecule has 0 amide bonds. The summed E-state index contributed by atoms with van der Waals surface area (Å²) in [4.78, 5) is 6.68. The van der Waals surface area contributed by atoms with E-state index in [0.29, 0.717) is 19.2 Å². The Morgan fingerprint density at radius 2 is 1.96 bits per heavy atom. The van der Waals surface area contributed by atoms with Crippen LogP contribution >= 0.6 is 0 Å². The Labute approximate surface area is 138 Å². The van der Waals surface area contributed by atoms with Crippen LogP contribution in [0.2, 0.25) is 0 Å². The summed E-state index contributed by atoms with van der Waals surface area (Å²) >= 11 is 0. The van der Waals surface area contributed by atoms with E-state index in [1.807, 2.05) is 12.1 Å². The van der Waals surface area contributed by atoms with Crippen LogP contribution in [0.5, 0.6) is 11.5 Å². The molecule has 3 N–H and O–H groups in total. The molecule has 0 saturated carbocycles. The fourth-order valence-electron chi connectivity index (χ4n) is 2.49. The first-order valence-electron chi connectivity index (χ1n) is 8.37. The van der Waals surface area contributed by atoms with Crippen LogP contribution in [0.4, 0.5) is 0 Å². The molecule has 1 aliphatic heterocycles. The van der Waals surface area contributed by atoms with Crippen molar-refractivity contribution in [2.45, 2.75) is 20.3 Å². The van der Waals surface area contributed by atoms with Crippen LogP contribution < -0.4 is 20.5 Å². The maximum atomic E-state index is 5.89. The van der Waals surface area contributed by atoms with Gasteiger partial charge in [0.05, 0.1) is 6.54 Å². The molecule has 1 heterocycles. The zero-order valence-corrected chi connectivity index (χ0v) is 14.2. The molecule has 1 aromatic carbocycles. The molecule has 6 heteroatoms. The zero-order valence-electron chi connectivity index (χ0n) is 14.2. The third kappa shape index (κ3) is 5.63. The molecule has 0 aliphatic carbocycles. The first-order valence-corrected chi connectivity index (χ1v) is 8.37. The molecule has 0 atom stereocenters. The van der Waals surface area contributed by atoms with E-state index in [0.717, 1.165) is 50.6 Å². The van der Waals surface area contributed by atoms with Gasteiger partial charge in [0.25, 0.3) is 0 Å². The summed E-state index contributed by atoms with van der Waals surface area (Å²) in [7, 11) is 0. The molecule has 0 aromatic heterocycles. The number of hydrogen-bond donors (Lipinski definition) is 2. The van der Waals surface area contributed by atoms with E-state index >= 15 is 0 Å². The number of fused-ring (bicyclic) bond motifs is 1. The Bertz CT molecular complexity index is 515. The smallest absolute Gasteiger partial charge is 0.188 e. The lowest BCUT2D eigenvalue weighted by Crippen LogP contribution is -2.34. The number of nitrogens with zero attached hydrogens (tertiary/aromatic N) is 2. The zero-order chi connectivity index (χ0) is 16.5. The fourth-order valence-corrected chi connectivity index (χ4v) is 2.49. The molecule has 23 heavy (non-hydrogen) atoms. The van der Waals surface area contributed by atoms with Crippen molar-refractivity contribution in [1.82, 2.24) is 10.2 Å². The van der Waals surface area contributed by atoms with Crippen LogP contribution in [-0.4, -0.2) is 56.8 Å². The fraction of sp³-hybridized carbons (Fsp3) is 0.588. The molecular weight excluding hydrogens is 292 g/mol. The van der Waals surface area contributed by atoms with E-state index in [1.54, 1.807) is 0 Å². The molecule has 0 saturated heterocycles. The molecule has 6 nitrogen and oxygen atoms in total. The second-order valence-electron chi connectivity index (χ2n) is 5.45. The molecule has 0 unspecified atom stereocenters. The predicted octanol–water partition coefficient (Wildman–Crippen LogP) is 1.25. The summed E-state index contributed by atoms with van der Waals surface area (Å²) in [6.07, 6.45) is 0.864. The van der Waals surface area contributed by atoms with Gasteiger partial charge in [0.15, 0.2) is 17.5 Å².